The van der Waals surface area contributed by atoms with Crippen LogP contribution in [0.1, 0.15) is 22.8 Å². The smallest absolute Gasteiger partial charge is 0.412 e. The third kappa shape index (κ3) is 5.89. The van der Waals surface area contributed by atoms with E-state index in [1.165, 1.54) is 31.5 Å². The molecule has 3 aromatic rings. The molecule has 0 saturated heterocycles. The summed E-state index contributed by atoms with van der Waals surface area (Å²) in [5.74, 6) is -0.611. The first-order chi connectivity index (χ1) is 14.9. The van der Waals surface area contributed by atoms with Gasteiger partial charge in [-0.1, -0.05) is 30.3 Å². The lowest BCUT2D eigenvalue weighted by Crippen LogP contribution is -2.34. The molecule has 0 fully saturated rings. The van der Waals surface area contributed by atoms with E-state index >= 15 is 0 Å². The van der Waals surface area contributed by atoms with Gasteiger partial charge >= 0.3 is 6.09 Å². The Balaban J connectivity index is 1.68. The number of ether oxygens (including phenoxy) is 1. The molecule has 0 aliphatic rings. The minimum atomic E-state index is -0.797. The Morgan fingerprint density at radius 3 is 2.52 bits per heavy atom. The van der Waals surface area contributed by atoms with E-state index in [2.05, 4.69) is 20.9 Å². The van der Waals surface area contributed by atoms with Crippen molar-refractivity contribution in [1.82, 2.24) is 20.0 Å². The summed E-state index contributed by atoms with van der Waals surface area (Å²) in [6.45, 7) is 1.96. The number of amides is 3. The van der Waals surface area contributed by atoms with Gasteiger partial charge in [-0.05, 0) is 17.7 Å². The summed E-state index contributed by atoms with van der Waals surface area (Å²) in [6, 6.07) is 12.2. The summed E-state index contributed by atoms with van der Waals surface area (Å²) < 4.78 is 6.27. The highest BCUT2D eigenvalue weighted by Crippen LogP contribution is 2.07. The van der Waals surface area contributed by atoms with Crippen molar-refractivity contribution in [1.29, 1.82) is 0 Å². The van der Waals surface area contributed by atoms with Gasteiger partial charge in [0.1, 0.15) is 17.9 Å². The van der Waals surface area contributed by atoms with Crippen LogP contribution in [0, 0.1) is 0 Å². The summed E-state index contributed by atoms with van der Waals surface area (Å²) >= 11 is 0. The lowest BCUT2D eigenvalue weighted by atomic mass is 10.2. The number of hydrogen-bond donors (Lipinski definition) is 3. The predicted molar refractivity (Wildman–Crippen MR) is 113 cm³/mol. The third-order valence-electron chi connectivity index (χ3n) is 4.20. The lowest BCUT2D eigenvalue weighted by molar-refractivity contribution is -0.118. The lowest BCUT2D eigenvalue weighted by Gasteiger charge is -2.09. The Morgan fingerprint density at radius 1 is 1.03 bits per heavy atom. The summed E-state index contributed by atoms with van der Waals surface area (Å²) in [5.41, 5.74) is 0.694. The second kappa shape index (κ2) is 10.0. The zero-order valence-corrected chi connectivity index (χ0v) is 16.8. The molecule has 3 amide bonds. The number of pyridine rings is 1. The first-order valence-electron chi connectivity index (χ1n) is 9.46. The van der Waals surface area contributed by atoms with Crippen LogP contribution in [0.5, 0.6) is 0 Å². The SMILES string of the molecule is CC(=O)NCCNC(=O)c1ccc2ncc(NC(=O)OCc3ccccc3)c(=O)n2c1. The largest absolute Gasteiger partial charge is 0.444 e. The van der Waals surface area contributed by atoms with Crippen LogP contribution in [0.2, 0.25) is 0 Å². The standard InChI is InChI=1S/C21H21N5O5/c1-14(27)22-9-10-23-19(28)16-7-8-18-24-11-17(20(29)26(18)12-16)25-21(30)31-13-15-5-3-2-4-6-15/h2-8,11-12H,9-10,13H2,1H3,(H,22,27)(H,23,28)(H,25,30). The second-order valence-corrected chi connectivity index (χ2v) is 6.55. The monoisotopic (exact) mass is 423 g/mol. The van der Waals surface area contributed by atoms with Crippen LogP contribution < -0.4 is 21.5 Å². The van der Waals surface area contributed by atoms with E-state index in [-0.39, 0.29) is 36.9 Å². The van der Waals surface area contributed by atoms with Gasteiger partial charge in [-0.15, -0.1) is 0 Å². The summed E-state index contributed by atoms with van der Waals surface area (Å²) in [4.78, 5) is 52.0. The molecule has 1 aromatic carbocycles. The predicted octanol–water partition coefficient (Wildman–Crippen LogP) is 1.31. The van der Waals surface area contributed by atoms with Gasteiger partial charge in [0.2, 0.25) is 5.91 Å². The van der Waals surface area contributed by atoms with E-state index < -0.39 is 17.6 Å². The molecule has 2 aromatic heterocycles. The molecule has 3 N–H and O–H groups in total. The fraction of sp³-hybridized carbons (Fsp3) is 0.190. The Hall–Kier alpha value is -4.21. The third-order valence-corrected chi connectivity index (χ3v) is 4.20. The number of carbonyl (C=O) groups excluding carboxylic acids is 3. The van der Waals surface area contributed by atoms with Crippen LogP contribution in [0.25, 0.3) is 5.65 Å². The molecule has 0 atom stereocenters. The molecule has 10 heteroatoms. The van der Waals surface area contributed by atoms with Crippen molar-refractivity contribution in [3.05, 3.63) is 76.3 Å². The van der Waals surface area contributed by atoms with Gasteiger partial charge in [0.25, 0.3) is 11.5 Å². The fourth-order valence-corrected chi connectivity index (χ4v) is 2.68. The fourth-order valence-electron chi connectivity index (χ4n) is 2.68. The van der Waals surface area contributed by atoms with Gasteiger partial charge in [0.15, 0.2) is 0 Å². The van der Waals surface area contributed by atoms with Crippen LogP contribution in [-0.2, 0) is 16.1 Å². The van der Waals surface area contributed by atoms with Crippen molar-refractivity contribution in [2.45, 2.75) is 13.5 Å². The first kappa shape index (κ1) is 21.5. The van der Waals surface area contributed by atoms with Crippen molar-refractivity contribution in [3.63, 3.8) is 0 Å². The number of hydrogen-bond acceptors (Lipinski definition) is 6. The van der Waals surface area contributed by atoms with Gasteiger partial charge in [-0.25, -0.2) is 9.78 Å². The molecule has 0 aliphatic heterocycles. The zero-order valence-electron chi connectivity index (χ0n) is 16.8. The van der Waals surface area contributed by atoms with E-state index in [0.29, 0.717) is 5.65 Å². The topological polar surface area (TPSA) is 131 Å². The molecule has 31 heavy (non-hydrogen) atoms. The maximum Gasteiger partial charge on any atom is 0.412 e. The summed E-state index contributed by atoms with van der Waals surface area (Å²) in [7, 11) is 0. The quantitative estimate of drug-likeness (QED) is 0.491. The van der Waals surface area contributed by atoms with Gasteiger partial charge in [0, 0.05) is 26.2 Å². The number of rotatable bonds is 7. The molecule has 2 heterocycles. The van der Waals surface area contributed by atoms with Crippen LogP contribution in [0.4, 0.5) is 10.5 Å². The van der Waals surface area contributed by atoms with Crippen molar-refractivity contribution in [2.75, 3.05) is 18.4 Å². The Morgan fingerprint density at radius 2 is 1.77 bits per heavy atom. The van der Waals surface area contributed by atoms with Crippen LogP contribution >= 0.6 is 0 Å². The normalized spacial score (nSPS) is 10.4. The number of carbonyl (C=O) groups is 3. The molecule has 0 bridgehead atoms. The minimum Gasteiger partial charge on any atom is -0.444 e. The highest BCUT2D eigenvalue weighted by Gasteiger charge is 2.12. The Bertz CT molecular complexity index is 1160. The number of nitrogens with one attached hydrogen (secondary N) is 3. The molecule has 0 radical (unpaired) electrons. The highest BCUT2D eigenvalue weighted by molar-refractivity contribution is 5.94. The zero-order chi connectivity index (χ0) is 22.2. The minimum absolute atomic E-state index is 0.0534. The molecule has 0 saturated carbocycles. The average molecular weight is 423 g/mol. The van der Waals surface area contributed by atoms with Crippen molar-refractivity contribution in [3.8, 4) is 0 Å². The maximum atomic E-state index is 12.7. The molecule has 10 nitrogen and oxygen atoms in total. The van der Waals surface area contributed by atoms with E-state index in [4.69, 9.17) is 4.74 Å². The van der Waals surface area contributed by atoms with Crippen LogP contribution in [-0.4, -0.2) is 40.4 Å². The van der Waals surface area contributed by atoms with E-state index in [0.717, 1.165) is 9.96 Å². The van der Waals surface area contributed by atoms with Crippen molar-refractivity contribution >= 4 is 29.2 Å². The Labute approximate surface area is 177 Å². The van der Waals surface area contributed by atoms with Gasteiger partial charge in [-0.2, -0.15) is 0 Å². The maximum absolute atomic E-state index is 12.7. The molecule has 0 aliphatic carbocycles. The molecular formula is C21H21N5O5. The number of aromatic nitrogens is 2. The van der Waals surface area contributed by atoms with Crippen molar-refractivity contribution in [2.24, 2.45) is 0 Å². The first-order valence-corrected chi connectivity index (χ1v) is 9.46. The van der Waals surface area contributed by atoms with E-state index in [1.807, 2.05) is 30.3 Å². The molecule has 0 unspecified atom stereocenters. The molecule has 160 valence electrons. The number of anilines is 1. The summed E-state index contributed by atoms with van der Waals surface area (Å²) in [5, 5.41) is 7.58. The number of fused-ring (bicyclic) bond motifs is 1. The van der Waals surface area contributed by atoms with E-state index in [1.54, 1.807) is 0 Å². The second-order valence-electron chi connectivity index (χ2n) is 6.55. The van der Waals surface area contributed by atoms with Crippen molar-refractivity contribution < 1.29 is 19.1 Å². The van der Waals surface area contributed by atoms with E-state index in [9.17, 15) is 19.2 Å². The number of benzene rings is 1. The summed E-state index contributed by atoms with van der Waals surface area (Å²) in [6.07, 6.45) is 1.77. The van der Waals surface area contributed by atoms with Gasteiger partial charge in [-0.3, -0.25) is 24.1 Å². The number of nitrogens with zero attached hydrogens (tertiary/aromatic N) is 2. The average Bonchev–Trinajstić information content (AvgIpc) is 2.77. The van der Waals surface area contributed by atoms with Crippen LogP contribution in [0.15, 0.2) is 59.7 Å². The Kier molecular flexibility index (Phi) is 6.94. The van der Waals surface area contributed by atoms with Gasteiger partial charge in [0.05, 0.1) is 11.8 Å². The molecular weight excluding hydrogens is 402 g/mol. The highest BCUT2D eigenvalue weighted by atomic mass is 16.5. The van der Waals surface area contributed by atoms with Gasteiger partial charge < -0.3 is 15.4 Å². The molecule has 0 spiro atoms. The molecule has 3 rings (SSSR count). The van der Waals surface area contributed by atoms with Crippen LogP contribution in [0.3, 0.4) is 0 Å².